The highest BCUT2D eigenvalue weighted by atomic mass is 32.2. The van der Waals surface area contributed by atoms with Crippen LogP contribution in [0.2, 0.25) is 0 Å². The van der Waals surface area contributed by atoms with Gasteiger partial charge in [-0.05, 0) is 17.7 Å². The Morgan fingerprint density at radius 3 is 2.70 bits per heavy atom. The quantitative estimate of drug-likeness (QED) is 0.461. The Morgan fingerprint density at radius 1 is 1.26 bits per heavy atom. The van der Waals surface area contributed by atoms with Crippen molar-refractivity contribution in [1.29, 1.82) is 0 Å². The highest BCUT2D eigenvalue weighted by molar-refractivity contribution is 8.00. The van der Waals surface area contributed by atoms with Crippen LogP contribution in [-0.4, -0.2) is 41.6 Å². The lowest BCUT2D eigenvalue weighted by Gasteiger charge is -2.30. The van der Waals surface area contributed by atoms with Gasteiger partial charge in [0.2, 0.25) is 17.7 Å². The van der Waals surface area contributed by atoms with E-state index in [0.29, 0.717) is 13.1 Å². The molecule has 0 bridgehead atoms. The standard InChI is InChI=1S/C18H23FN4O3S/c1-2-7-20-15(24)8-14-9-16(25)23-18(22-14)27-11-17(26)21-10-12-3-5-13(19)6-4-12/h2-6,14,18,22H,1,7-11H2,(H,20,24)(H,21,26)(H,23,25). The largest absolute Gasteiger partial charge is 0.353 e. The van der Waals surface area contributed by atoms with Gasteiger partial charge in [-0.15, -0.1) is 18.3 Å². The van der Waals surface area contributed by atoms with Crippen molar-refractivity contribution in [2.24, 2.45) is 0 Å². The zero-order valence-electron chi connectivity index (χ0n) is 14.8. The Bertz CT molecular complexity index is 684. The van der Waals surface area contributed by atoms with E-state index in [4.69, 9.17) is 0 Å². The van der Waals surface area contributed by atoms with Gasteiger partial charge >= 0.3 is 0 Å². The van der Waals surface area contributed by atoms with Gasteiger partial charge in [-0.1, -0.05) is 18.2 Å². The Balaban J connectivity index is 1.72. The number of carbonyl (C=O) groups excluding carboxylic acids is 3. The van der Waals surface area contributed by atoms with Gasteiger partial charge in [-0.2, -0.15) is 0 Å². The maximum Gasteiger partial charge on any atom is 0.230 e. The van der Waals surface area contributed by atoms with Crippen LogP contribution in [0.15, 0.2) is 36.9 Å². The SMILES string of the molecule is C=CCNC(=O)CC1CC(=O)NC(SCC(=O)NCc2ccc(F)cc2)N1. The fraction of sp³-hybridized carbons (Fsp3) is 0.389. The Morgan fingerprint density at radius 2 is 2.00 bits per heavy atom. The highest BCUT2D eigenvalue weighted by Crippen LogP contribution is 2.14. The predicted molar refractivity (Wildman–Crippen MR) is 102 cm³/mol. The van der Waals surface area contributed by atoms with Crippen LogP contribution in [0.4, 0.5) is 4.39 Å². The molecule has 1 aromatic carbocycles. The minimum Gasteiger partial charge on any atom is -0.353 e. The van der Waals surface area contributed by atoms with Gasteiger partial charge in [0.05, 0.1) is 5.75 Å². The number of thioether (sulfide) groups is 1. The molecular weight excluding hydrogens is 371 g/mol. The van der Waals surface area contributed by atoms with E-state index in [1.807, 2.05) is 0 Å². The van der Waals surface area contributed by atoms with Gasteiger partial charge in [0, 0.05) is 32.0 Å². The number of hydrogen-bond acceptors (Lipinski definition) is 5. The zero-order valence-corrected chi connectivity index (χ0v) is 15.6. The summed E-state index contributed by atoms with van der Waals surface area (Å²) < 4.78 is 12.9. The summed E-state index contributed by atoms with van der Waals surface area (Å²) in [5, 5.41) is 11.3. The molecule has 9 heteroatoms. The maximum atomic E-state index is 12.9. The lowest BCUT2D eigenvalue weighted by molar-refractivity contribution is -0.125. The van der Waals surface area contributed by atoms with Crippen LogP contribution >= 0.6 is 11.8 Å². The summed E-state index contributed by atoms with van der Waals surface area (Å²) in [6.45, 7) is 4.21. The van der Waals surface area contributed by atoms with Gasteiger partial charge in [-0.25, -0.2) is 4.39 Å². The number of benzene rings is 1. The molecule has 146 valence electrons. The second-order valence-electron chi connectivity index (χ2n) is 6.03. The van der Waals surface area contributed by atoms with Crippen LogP contribution in [-0.2, 0) is 20.9 Å². The number of nitrogens with one attached hydrogen (secondary N) is 4. The van der Waals surface area contributed by atoms with Gasteiger partial charge in [0.1, 0.15) is 11.3 Å². The summed E-state index contributed by atoms with van der Waals surface area (Å²) in [5.41, 5.74) is 0.351. The first-order valence-electron chi connectivity index (χ1n) is 8.52. The van der Waals surface area contributed by atoms with Crippen molar-refractivity contribution in [3.8, 4) is 0 Å². The Labute approximate surface area is 161 Å². The van der Waals surface area contributed by atoms with Gasteiger partial charge in [0.15, 0.2) is 0 Å². The van der Waals surface area contributed by atoms with E-state index in [1.54, 1.807) is 18.2 Å². The molecule has 2 unspecified atom stereocenters. The third kappa shape index (κ3) is 7.79. The average Bonchev–Trinajstić information content (AvgIpc) is 2.64. The molecule has 0 aliphatic carbocycles. The molecule has 2 rings (SSSR count). The molecule has 2 atom stereocenters. The minimum absolute atomic E-state index is 0.133. The van der Waals surface area contributed by atoms with Crippen molar-refractivity contribution in [2.75, 3.05) is 12.3 Å². The van der Waals surface area contributed by atoms with Gasteiger partial charge in [-0.3, -0.25) is 19.7 Å². The molecule has 1 aliphatic heterocycles. The summed E-state index contributed by atoms with van der Waals surface area (Å²) in [6.07, 6.45) is 1.96. The van der Waals surface area contributed by atoms with E-state index < -0.39 is 5.50 Å². The maximum absolute atomic E-state index is 12.9. The summed E-state index contributed by atoms with van der Waals surface area (Å²) in [6, 6.07) is 5.59. The number of amides is 3. The smallest absolute Gasteiger partial charge is 0.230 e. The lowest BCUT2D eigenvalue weighted by atomic mass is 10.1. The van der Waals surface area contributed by atoms with Gasteiger partial charge in [0.25, 0.3) is 0 Å². The van der Waals surface area contributed by atoms with Crippen molar-refractivity contribution in [3.05, 3.63) is 48.3 Å². The van der Waals surface area contributed by atoms with E-state index in [0.717, 1.165) is 5.56 Å². The molecule has 1 fully saturated rings. The monoisotopic (exact) mass is 394 g/mol. The molecule has 0 aromatic heterocycles. The number of rotatable bonds is 9. The molecule has 1 heterocycles. The minimum atomic E-state index is -0.444. The second-order valence-corrected chi connectivity index (χ2v) is 7.12. The predicted octanol–water partition coefficient (Wildman–Crippen LogP) is 0.629. The number of halogens is 1. The fourth-order valence-corrected chi connectivity index (χ4v) is 3.38. The number of hydrogen-bond donors (Lipinski definition) is 4. The van der Waals surface area contributed by atoms with Crippen molar-refractivity contribution in [1.82, 2.24) is 21.3 Å². The van der Waals surface area contributed by atoms with Crippen LogP contribution in [0, 0.1) is 5.82 Å². The lowest BCUT2D eigenvalue weighted by Crippen LogP contribution is -2.56. The first-order valence-corrected chi connectivity index (χ1v) is 9.57. The molecule has 7 nitrogen and oxygen atoms in total. The average molecular weight is 394 g/mol. The molecule has 1 aromatic rings. The Hall–Kier alpha value is -2.39. The van der Waals surface area contributed by atoms with Crippen molar-refractivity contribution in [2.45, 2.75) is 30.9 Å². The third-order valence-electron chi connectivity index (χ3n) is 3.77. The normalized spacial score (nSPS) is 19.1. The van der Waals surface area contributed by atoms with Crippen LogP contribution in [0.5, 0.6) is 0 Å². The first-order chi connectivity index (χ1) is 13.0. The topological polar surface area (TPSA) is 99.3 Å². The molecule has 0 radical (unpaired) electrons. The molecule has 1 saturated heterocycles. The molecule has 27 heavy (non-hydrogen) atoms. The van der Waals surface area contributed by atoms with E-state index in [1.165, 1.54) is 23.9 Å². The summed E-state index contributed by atoms with van der Waals surface area (Å²) in [5.74, 6) is -0.727. The third-order valence-corrected chi connectivity index (χ3v) is 4.79. The first kappa shape index (κ1) is 20.9. The van der Waals surface area contributed by atoms with E-state index in [-0.39, 0.29) is 48.2 Å². The van der Waals surface area contributed by atoms with Crippen molar-refractivity contribution >= 4 is 29.5 Å². The van der Waals surface area contributed by atoms with Gasteiger partial charge < -0.3 is 16.0 Å². The zero-order chi connectivity index (χ0) is 19.6. The second kappa shape index (κ2) is 10.7. The van der Waals surface area contributed by atoms with Crippen molar-refractivity contribution in [3.63, 3.8) is 0 Å². The summed E-state index contributed by atoms with van der Waals surface area (Å²) in [7, 11) is 0. The van der Waals surface area contributed by atoms with Crippen LogP contribution in [0.3, 0.4) is 0 Å². The molecule has 4 N–H and O–H groups in total. The highest BCUT2D eigenvalue weighted by Gasteiger charge is 2.27. The van der Waals surface area contributed by atoms with Crippen LogP contribution in [0.25, 0.3) is 0 Å². The van der Waals surface area contributed by atoms with Crippen LogP contribution < -0.4 is 21.3 Å². The van der Waals surface area contributed by atoms with E-state index in [2.05, 4.69) is 27.8 Å². The summed E-state index contributed by atoms with van der Waals surface area (Å²) in [4.78, 5) is 35.5. The summed E-state index contributed by atoms with van der Waals surface area (Å²) >= 11 is 1.23. The molecule has 0 spiro atoms. The van der Waals surface area contributed by atoms with E-state index >= 15 is 0 Å². The molecule has 1 aliphatic rings. The Kier molecular flexibility index (Phi) is 8.28. The van der Waals surface area contributed by atoms with E-state index in [9.17, 15) is 18.8 Å². The molecular formula is C18H23FN4O3S. The number of carbonyl (C=O) groups is 3. The van der Waals surface area contributed by atoms with Crippen molar-refractivity contribution < 1.29 is 18.8 Å². The fourth-order valence-electron chi connectivity index (χ4n) is 2.46. The molecule has 0 saturated carbocycles. The molecule has 3 amide bonds. The van der Waals surface area contributed by atoms with Crippen LogP contribution in [0.1, 0.15) is 18.4 Å².